The van der Waals surface area contributed by atoms with Crippen LogP contribution in [0.25, 0.3) is 10.9 Å². The zero-order valence-electron chi connectivity index (χ0n) is 23.4. The second-order valence-electron chi connectivity index (χ2n) is 10.6. The Morgan fingerprint density at radius 3 is 2.38 bits per heavy atom. The lowest BCUT2D eigenvalue weighted by atomic mass is 9.99. The molecule has 0 bridgehead atoms. The summed E-state index contributed by atoms with van der Waals surface area (Å²) in [7, 11) is 3.84. The highest BCUT2D eigenvalue weighted by molar-refractivity contribution is 5.95. The minimum absolute atomic E-state index is 0.0271. The molecule has 42 heavy (non-hydrogen) atoms. The highest BCUT2D eigenvalue weighted by Gasteiger charge is 2.39. The first kappa shape index (κ1) is 31.2. The maximum Gasteiger partial charge on any atom is 0.416 e. The Balaban J connectivity index is 1.62. The van der Waals surface area contributed by atoms with Gasteiger partial charge in [0, 0.05) is 55.0 Å². The maximum atomic E-state index is 13.6. The van der Waals surface area contributed by atoms with Gasteiger partial charge in [0.25, 0.3) is 5.91 Å². The van der Waals surface area contributed by atoms with Crippen LogP contribution in [0.1, 0.15) is 34.0 Å². The number of nitrogens with one attached hydrogen (secondary N) is 2. The smallest absolute Gasteiger partial charge is 0.372 e. The Bertz CT molecular complexity index is 1380. The fourth-order valence-electron chi connectivity index (χ4n) is 4.93. The molecule has 1 fully saturated rings. The maximum absolute atomic E-state index is 13.6. The Kier molecular flexibility index (Phi) is 9.41. The number of para-hydroxylation sites is 1. The van der Waals surface area contributed by atoms with Crippen LogP contribution in [0, 0.1) is 0 Å². The molecule has 4 rings (SSSR count). The second kappa shape index (κ2) is 12.7. The molecule has 7 nitrogen and oxygen atoms in total. The fraction of sp³-hybridized carbons (Fsp3) is 0.414. The lowest BCUT2D eigenvalue weighted by molar-refractivity contribution is -0.143. The molecule has 0 saturated carbocycles. The number of aromatic amines is 1. The average Bonchev–Trinajstić information content (AvgIpc) is 3.32. The predicted molar refractivity (Wildman–Crippen MR) is 146 cm³/mol. The number of H-pyrrole nitrogens is 1. The van der Waals surface area contributed by atoms with Crippen molar-refractivity contribution < 1.29 is 36.0 Å². The highest BCUT2D eigenvalue weighted by Crippen LogP contribution is 2.37. The second-order valence-corrected chi connectivity index (χ2v) is 10.6. The number of benzene rings is 2. The Hall–Kier alpha value is -3.71. The summed E-state index contributed by atoms with van der Waals surface area (Å²) in [4.78, 5) is 27.6. The van der Waals surface area contributed by atoms with Crippen molar-refractivity contribution >= 4 is 16.8 Å². The number of hydroxylamine groups is 1. The van der Waals surface area contributed by atoms with Gasteiger partial charge in [0.15, 0.2) is 0 Å². The standard InChI is InChI=1S/C29H33F6N5O2/c1-19(37-42-11-10-38(2)3)17-39-8-9-40(24(18-39)14-21-16-36-26-7-5-4-6-25(21)26)27(41)20-12-22(28(30,31)32)15-23(13-20)29(33,34)35/h4-7,12-13,15-17,24,36-37H,8-11,14,18H2,1-3H3/t24-/m1/s1. The van der Waals surface area contributed by atoms with Gasteiger partial charge in [0.05, 0.1) is 29.5 Å². The third kappa shape index (κ3) is 7.77. The predicted octanol–water partition coefficient (Wildman–Crippen LogP) is 5.52. The molecule has 1 aromatic heterocycles. The molecule has 1 amide bonds. The largest absolute Gasteiger partial charge is 0.416 e. The van der Waals surface area contributed by atoms with E-state index >= 15 is 0 Å². The SMILES string of the molecule is CC(=CN1CCN(C(=O)c2cc(C(F)(F)F)cc(C(F)(F)F)c2)[C@H](Cc2c[nH]c3ccccc23)C1)NOCCN(C)C. The number of likely N-dealkylation sites (N-methyl/N-ethyl adjacent to an activating group) is 1. The number of rotatable bonds is 9. The number of aromatic nitrogens is 1. The van der Waals surface area contributed by atoms with Gasteiger partial charge >= 0.3 is 12.4 Å². The van der Waals surface area contributed by atoms with Crippen LogP contribution in [0.5, 0.6) is 0 Å². The van der Waals surface area contributed by atoms with Gasteiger partial charge in [-0.15, -0.1) is 0 Å². The van der Waals surface area contributed by atoms with Crippen molar-refractivity contribution in [2.24, 2.45) is 0 Å². The third-order valence-corrected chi connectivity index (χ3v) is 6.99. The molecule has 228 valence electrons. The molecule has 1 aliphatic rings. The zero-order chi connectivity index (χ0) is 30.7. The van der Waals surface area contributed by atoms with Crippen LogP contribution in [0.4, 0.5) is 26.3 Å². The molecule has 0 radical (unpaired) electrons. The fourth-order valence-corrected chi connectivity index (χ4v) is 4.93. The zero-order valence-corrected chi connectivity index (χ0v) is 23.4. The molecule has 2 aromatic carbocycles. The van der Waals surface area contributed by atoms with Crippen LogP contribution in [0.15, 0.2) is 60.6 Å². The van der Waals surface area contributed by atoms with Crippen LogP contribution in [-0.2, 0) is 23.6 Å². The number of allylic oxidation sites excluding steroid dienone is 1. The van der Waals surface area contributed by atoms with E-state index in [1.165, 1.54) is 4.90 Å². The van der Waals surface area contributed by atoms with Crippen LogP contribution in [-0.4, -0.2) is 78.5 Å². The van der Waals surface area contributed by atoms with Crippen LogP contribution in [0.3, 0.4) is 0 Å². The molecule has 0 aliphatic carbocycles. The molecule has 1 saturated heterocycles. The Morgan fingerprint density at radius 1 is 1.07 bits per heavy atom. The van der Waals surface area contributed by atoms with E-state index < -0.39 is 41.0 Å². The van der Waals surface area contributed by atoms with Gasteiger partial charge in [0.2, 0.25) is 0 Å². The Labute approximate surface area is 239 Å². The topological polar surface area (TPSA) is 63.8 Å². The number of piperazine rings is 1. The van der Waals surface area contributed by atoms with Gasteiger partial charge in [0.1, 0.15) is 0 Å². The lowest BCUT2D eigenvalue weighted by Gasteiger charge is -2.41. The summed E-state index contributed by atoms with van der Waals surface area (Å²) >= 11 is 0. The van der Waals surface area contributed by atoms with E-state index in [9.17, 15) is 31.1 Å². The Morgan fingerprint density at radius 2 is 1.74 bits per heavy atom. The first-order valence-corrected chi connectivity index (χ1v) is 13.3. The summed E-state index contributed by atoms with van der Waals surface area (Å²) in [5.41, 5.74) is 1.62. The first-order chi connectivity index (χ1) is 19.7. The summed E-state index contributed by atoms with van der Waals surface area (Å²) in [6.07, 6.45) is -6.15. The number of alkyl halides is 6. The van der Waals surface area contributed by atoms with E-state index in [4.69, 9.17) is 4.84 Å². The van der Waals surface area contributed by atoms with E-state index in [2.05, 4.69) is 10.5 Å². The number of nitrogens with zero attached hydrogens (tertiary/aromatic N) is 3. The molecule has 3 aromatic rings. The molecular weight excluding hydrogens is 564 g/mol. The summed E-state index contributed by atoms with van der Waals surface area (Å²) in [5, 5.41) is 0.920. The van der Waals surface area contributed by atoms with Gasteiger partial charge in [-0.2, -0.15) is 26.3 Å². The van der Waals surface area contributed by atoms with Gasteiger partial charge in [-0.1, -0.05) is 18.2 Å². The van der Waals surface area contributed by atoms with E-state index in [-0.39, 0.29) is 12.6 Å². The average molecular weight is 598 g/mol. The van der Waals surface area contributed by atoms with Crippen molar-refractivity contribution in [1.29, 1.82) is 0 Å². The summed E-state index contributed by atoms with van der Waals surface area (Å²) in [6.45, 7) is 3.67. The molecule has 13 heteroatoms. The molecule has 1 aliphatic heterocycles. The number of hydrogen-bond acceptors (Lipinski definition) is 5. The summed E-state index contributed by atoms with van der Waals surface area (Å²) in [5.74, 6) is -0.887. The summed E-state index contributed by atoms with van der Waals surface area (Å²) in [6, 6.07) is 8.00. The quantitative estimate of drug-likeness (QED) is 0.193. The number of carbonyl (C=O) groups excluding carboxylic acids is 1. The van der Waals surface area contributed by atoms with E-state index in [0.717, 1.165) is 16.5 Å². The van der Waals surface area contributed by atoms with Crippen LogP contribution >= 0.6 is 0 Å². The molecule has 1 atom stereocenters. The minimum atomic E-state index is -5.05. The van der Waals surface area contributed by atoms with E-state index in [0.29, 0.717) is 50.5 Å². The molecule has 2 heterocycles. The van der Waals surface area contributed by atoms with E-state index in [1.807, 2.05) is 61.3 Å². The lowest BCUT2D eigenvalue weighted by Crippen LogP contribution is -2.54. The van der Waals surface area contributed by atoms with Crippen molar-refractivity contribution in [2.75, 3.05) is 46.9 Å². The van der Waals surface area contributed by atoms with Gasteiger partial charge in [-0.05, 0) is 57.3 Å². The highest BCUT2D eigenvalue weighted by atomic mass is 19.4. The van der Waals surface area contributed by atoms with Gasteiger partial charge in [-0.3, -0.25) is 15.1 Å². The van der Waals surface area contributed by atoms with Crippen LogP contribution in [0.2, 0.25) is 0 Å². The summed E-state index contributed by atoms with van der Waals surface area (Å²) < 4.78 is 81.1. The monoisotopic (exact) mass is 597 g/mol. The first-order valence-electron chi connectivity index (χ1n) is 13.3. The number of halogens is 6. The van der Waals surface area contributed by atoms with E-state index in [1.54, 1.807) is 6.20 Å². The molecule has 2 N–H and O–H groups in total. The molecule has 0 unspecified atom stereocenters. The van der Waals surface area contributed by atoms with Crippen molar-refractivity contribution in [1.82, 2.24) is 25.2 Å². The molecular formula is C29H33F6N5O2. The number of fused-ring (bicyclic) bond motifs is 1. The van der Waals surface area contributed by atoms with Crippen molar-refractivity contribution in [3.05, 3.63) is 82.8 Å². The van der Waals surface area contributed by atoms with Crippen molar-refractivity contribution in [3.63, 3.8) is 0 Å². The number of amides is 1. The third-order valence-electron chi connectivity index (χ3n) is 6.99. The normalized spacial score (nSPS) is 16.9. The van der Waals surface area contributed by atoms with Gasteiger partial charge < -0.3 is 19.7 Å². The molecule has 0 spiro atoms. The van der Waals surface area contributed by atoms with Crippen molar-refractivity contribution in [3.8, 4) is 0 Å². The minimum Gasteiger partial charge on any atom is -0.372 e. The number of carbonyl (C=O) groups is 1. The number of hydrogen-bond donors (Lipinski definition) is 2. The van der Waals surface area contributed by atoms with Crippen molar-refractivity contribution in [2.45, 2.75) is 31.7 Å². The van der Waals surface area contributed by atoms with Gasteiger partial charge in [-0.25, -0.2) is 0 Å². The van der Waals surface area contributed by atoms with Crippen LogP contribution < -0.4 is 5.48 Å².